The molecule has 2 aromatic rings. The van der Waals surface area contributed by atoms with Gasteiger partial charge in [0, 0.05) is 12.2 Å². The Morgan fingerprint density at radius 2 is 1.71 bits per heavy atom. The highest BCUT2D eigenvalue weighted by atomic mass is 79.9. The van der Waals surface area contributed by atoms with Crippen molar-refractivity contribution in [2.45, 2.75) is 12.7 Å². The zero-order valence-corrected chi connectivity index (χ0v) is 12.0. The van der Waals surface area contributed by atoms with E-state index in [0.29, 0.717) is 11.8 Å². The minimum absolute atomic E-state index is 0.0537. The summed E-state index contributed by atoms with van der Waals surface area (Å²) in [4.78, 5) is 0. The SMILES string of the molecule is Fc1cc(CNc2ccc(Br)c(F)c2)cc(C(F)(F)F)c1. The molecule has 0 heterocycles. The van der Waals surface area contributed by atoms with Gasteiger partial charge in [-0.25, -0.2) is 8.78 Å². The second-order valence-electron chi connectivity index (χ2n) is 4.33. The third kappa shape index (κ3) is 4.17. The topological polar surface area (TPSA) is 12.0 Å². The first-order valence-electron chi connectivity index (χ1n) is 5.81. The molecule has 21 heavy (non-hydrogen) atoms. The molecule has 112 valence electrons. The molecule has 0 spiro atoms. The fraction of sp³-hybridized carbons (Fsp3) is 0.143. The molecule has 2 rings (SSSR count). The third-order valence-corrected chi connectivity index (χ3v) is 3.34. The van der Waals surface area contributed by atoms with Crippen molar-refractivity contribution in [3.63, 3.8) is 0 Å². The third-order valence-electron chi connectivity index (χ3n) is 2.70. The maximum atomic E-state index is 13.3. The summed E-state index contributed by atoms with van der Waals surface area (Å²) in [6, 6.07) is 6.49. The van der Waals surface area contributed by atoms with E-state index in [-0.39, 0.29) is 16.6 Å². The molecule has 0 fully saturated rings. The molecule has 0 aliphatic heterocycles. The monoisotopic (exact) mass is 365 g/mol. The van der Waals surface area contributed by atoms with Crippen molar-refractivity contribution in [2.75, 3.05) is 5.32 Å². The van der Waals surface area contributed by atoms with Crippen LogP contribution in [-0.4, -0.2) is 0 Å². The van der Waals surface area contributed by atoms with E-state index in [2.05, 4.69) is 21.2 Å². The Morgan fingerprint density at radius 3 is 2.33 bits per heavy atom. The Labute approximate surface area is 125 Å². The molecule has 0 radical (unpaired) electrons. The maximum Gasteiger partial charge on any atom is 0.416 e. The van der Waals surface area contributed by atoms with E-state index in [1.54, 1.807) is 6.07 Å². The largest absolute Gasteiger partial charge is 0.416 e. The molecule has 0 atom stereocenters. The summed E-state index contributed by atoms with van der Waals surface area (Å²) in [5.74, 6) is -1.47. The van der Waals surface area contributed by atoms with Crippen molar-refractivity contribution in [2.24, 2.45) is 0 Å². The van der Waals surface area contributed by atoms with Crippen LogP contribution < -0.4 is 5.32 Å². The first-order valence-corrected chi connectivity index (χ1v) is 6.60. The van der Waals surface area contributed by atoms with Crippen LogP contribution in [0, 0.1) is 11.6 Å². The van der Waals surface area contributed by atoms with Crippen LogP contribution in [-0.2, 0) is 12.7 Å². The fourth-order valence-electron chi connectivity index (χ4n) is 1.73. The highest BCUT2D eigenvalue weighted by Gasteiger charge is 2.31. The van der Waals surface area contributed by atoms with Crippen LogP contribution in [0.2, 0.25) is 0 Å². The summed E-state index contributed by atoms with van der Waals surface area (Å²) in [5, 5.41) is 2.74. The Hall–Kier alpha value is -1.63. The second kappa shape index (κ2) is 6.01. The molecule has 0 aliphatic carbocycles. The lowest BCUT2D eigenvalue weighted by atomic mass is 10.1. The van der Waals surface area contributed by atoms with Gasteiger partial charge in [-0.15, -0.1) is 0 Å². The lowest BCUT2D eigenvalue weighted by Crippen LogP contribution is -2.08. The number of hydrogen-bond acceptors (Lipinski definition) is 1. The zero-order chi connectivity index (χ0) is 15.6. The van der Waals surface area contributed by atoms with Gasteiger partial charge in [0.05, 0.1) is 10.0 Å². The molecular formula is C14H9BrF5N. The Morgan fingerprint density at radius 1 is 1.00 bits per heavy atom. The van der Waals surface area contributed by atoms with Gasteiger partial charge in [-0.2, -0.15) is 13.2 Å². The van der Waals surface area contributed by atoms with Crippen LogP contribution in [0.5, 0.6) is 0 Å². The van der Waals surface area contributed by atoms with Crippen molar-refractivity contribution in [1.82, 2.24) is 0 Å². The van der Waals surface area contributed by atoms with E-state index in [1.165, 1.54) is 12.1 Å². The van der Waals surface area contributed by atoms with Gasteiger partial charge in [-0.05, 0) is 57.9 Å². The van der Waals surface area contributed by atoms with Gasteiger partial charge in [0.25, 0.3) is 0 Å². The van der Waals surface area contributed by atoms with Crippen molar-refractivity contribution >= 4 is 21.6 Å². The predicted molar refractivity (Wildman–Crippen MR) is 72.8 cm³/mol. The summed E-state index contributed by atoms with van der Waals surface area (Å²) < 4.78 is 64.5. The standard InChI is InChI=1S/C14H9BrF5N/c15-12-2-1-11(6-13(12)17)21-7-8-3-9(14(18,19)20)5-10(16)4-8/h1-6,21H,7H2. The Balaban J connectivity index is 2.16. The molecule has 0 saturated heterocycles. The summed E-state index contributed by atoms with van der Waals surface area (Å²) >= 11 is 2.99. The molecule has 0 unspecified atom stereocenters. The maximum absolute atomic E-state index is 13.3. The zero-order valence-electron chi connectivity index (χ0n) is 10.4. The minimum atomic E-state index is -4.61. The average Bonchev–Trinajstić information content (AvgIpc) is 2.38. The molecule has 0 aromatic heterocycles. The van der Waals surface area contributed by atoms with Crippen molar-refractivity contribution in [3.05, 3.63) is 63.6 Å². The number of nitrogens with one attached hydrogen (secondary N) is 1. The van der Waals surface area contributed by atoms with Gasteiger partial charge in [-0.1, -0.05) is 0 Å². The molecule has 0 saturated carbocycles. The molecule has 0 bridgehead atoms. The van der Waals surface area contributed by atoms with Gasteiger partial charge in [0.1, 0.15) is 11.6 Å². The average molecular weight is 366 g/mol. The number of halogens is 6. The van der Waals surface area contributed by atoms with Crippen LogP contribution in [0.3, 0.4) is 0 Å². The summed E-state index contributed by atoms with van der Waals surface area (Å²) in [5.41, 5.74) is -0.555. The smallest absolute Gasteiger partial charge is 0.381 e. The van der Waals surface area contributed by atoms with E-state index in [1.807, 2.05) is 0 Å². The van der Waals surface area contributed by atoms with Gasteiger partial charge in [0.2, 0.25) is 0 Å². The van der Waals surface area contributed by atoms with E-state index < -0.39 is 23.4 Å². The van der Waals surface area contributed by atoms with Gasteiger partial charge >= 0.3 is 6.18 Å². The minimum Gasteiger partial charge on any atom is -0.381 e. The van der Waals surface area contributed by atoms with Crippen molar-refractivity contribution in [3.8, 4) is 0 Å². The Kier molecular flexibility index (Phi) is 4.51. The van der Waals surface area contributed by atoms with Crippen LogP contribution >= 0.6 is 15.9 Å². The predicted octanol–water partition coefficient (Wildman–Crippen LogP) is 5.36. The highest BCUT2D eigenvalue weighted by molar-refractivity contribution is 9.10. The summed E-state index contributed by atoms with van der Waals surface area (Å²) in [6.07, 6.45) is -4.61. The summed E-state index contributed by atoms with van der Waals surface area (Å²) in [7, 11) is 0. The van der Waals surface area contributed by atoms with Crippen molar-refractivity contribution in [1.29, 1.82) is 0 Å². The number of anilines is 1. The van der Waals surface area contributed by atoms with Crippen molar-refractivity contribution < 1.29 is 22.0 Å². The van der Waals surface area contributed by atoms with E-state index >= 15 is 0 Å². The molecule has 1 nitrogen and oxygen atoms in total. The summed E-state index contributed by atoms with van der Waals surface area (Å²) in [6.45, 7) is -0.0537. The van der Waals surface area contributed by atoms with Crippen LogP contribution in [0.1, 0.15) is 11.1 Å². The first-order chi connectivity index (χ1) is 9.75. The van der Waals surface area contributed by atoms with Gasteiger partial charge in [-0.3, -0.25) is 0 Å². The molecule has 1 N–H and O–H groups in total. The van der Waals surface area contributed by atoms with E-state index in [9.17, 15) is 22.0 Å². The molecular weight excluding hydrogens is 357 g/mol. The van der Waals surface area contributed by atoms with E-state index in [4.69, 9.17) is 0 Å². The normalized spacial score (nSPS) is 11.5. The van der Waals surface area contributed by atoms with E-state index in [0.717, 1.165) is 12.1 Å². The van der Waals surface area contributed by atoms with Crippen LogP contribution in [0.25, 0.3) is 0 Å². The van der Waals surface area contributed by atoms with Crippen LogP contribution in [0.15, 0.2) is 40.9 Å². The highest BCUT2D eigenvalue weighted by Crippen LogP contribution is 2.30. The molecule has 0 amide bonds. The number of alkyl halides is 3. The lowest BCUT2D eigenvalue weighted by Gasteiger charge is -2.11. The molecule has 2 aromatic carbocycles. The second-order valence-corrected chi connectivity index (χ2v) is 5.18. The number of hydrogen-bond donors (Lipinski definition) is 1. The fourth-order valence-corrected chi connectivity index (χ4v) is 1.97. The van der Waals surface area contributed by atoms with Gasteiger partial charge < -0.3 is 5.32 Å². The lowest BCUT2D eigenvalue weighted by molar-refractivity contribution is -0.137. The number of benzene rings is 2. The Bertz CT molecular complexity index is 654. The number of rotatable bonds is 3. The first kappa shape index (κ1) is 15.8. The van der Waals surface area contributed by atoms with Gasteiger partial charge in [0.15, 0.2) is 0 Å². The molecule has 0 aliphatic rings. The van der Waals surface area contributed by atoms with Crippen LogP contribution in [0.4, 0.5) is 27.6 Å². The molecule has 7 heteroatoms. The quantitative estimate of drug-likeness (QED) is 0.722.